The topological polar surface area (TPSA) is 141 Å². The van der Waals surface area contributed by atoms with Crippen molar-refractivity contribution < 1.29 is 13.9 Å². The maximum atomic E-state index is 12.3. The average molecular weight is 585 g/mol. The van der Waals surface area contributed by atoms with Crippen molar-refractivity contribution in [1.29, 1.82) is 5.26 Å². The molecule has 0 bridgehead atoms. The number of carbonyl (C=O) groups excluding carboxylic acids is 1. The molecule has 0 saturated carbocycles. The van der Waals surface area contributed by atoms with Crippen molar-refractivity contribution in [3.8, 4) is 23.3 Å². The molecule has 1 aliphatic heterocycles. The number of benzene rings is 2. The number of nitriles is 1. The van der Waals surface area contributed by atoms with Gasteiger partial charge in [-0.1, -0.05) is 30.0 Å². The molecule has 1 unspecified atom stereocenters. The van der Waals surface area contributed by atoms with Gasteiger partial charge in [0.15, 0.2) is 10.7 Å². The number of carbonyl (C=O) groups is 1. The van der Waals surface area contributed by atoms with E-state index in [1.165, 1.54) is 18.0 Å². The van der Waals surface area contributed by atoms with Gasteiger partial charge >= 0.3 is 6.03 Å². The molecule has 12 heteroatoms. The average Bonchev–Trinajstić information content (AvgIpc) is 3.63. The number of thioether (sulfide) groups is 1. The summed E-state index contributed by atoms with van der Waals surface area (Å²) in [5, 5.41) is 19.4. The van der Waals surface area contributed by atoms with Gasteiger partial charge in [-0.2, -0.15) is 5.26 Å². The number of amidine groups is 1. The van der Waals surface area contributed by atoms with Crippen LogP contribution in [-0.2, 0) is 0 Å². The molecule has 3 heterocycles. The number of aliphatic imine (C=N–C) groups is 1. The highest BCUT2D eigenvalue weighted by molar-refractivity contribution is 8.14. The summed E-state index contributed by atoms with van der Waals surface area (Å²) in [6.45, 7) is 2.78. The van der Waals surface area contributed by atoms with E-state index in [0.29, 0.717) is 58.9 Å². The molecule has 5 rings (SSSR count). The van der Waals surface area contributed by atoms with Crippen molar-refractivity contribution in [2.24, 2.45) is 4.99 Å². The van der Waals surface area contributed by atoms with Crippen molar-refractivity contribution in [2.75, 3.05) is 51.0 Å². The number of anilines is 2. The number of para-hydroxylation sites is 1. The van der Waals surface area contributed by atoms with Crippen molar-refractivity contribution >= 4 is 45.6 Å². The molecule has 1 atom stereocenters. The highest BCUT2D eigenvalue weighted by Gasteiger charge is 2.22. The van der Waals surface area contributed by atoms with Gasteiger partial charge in [-0.3, -0.25) is 10.3 Å². The number of oxazole rings is 1. The van der Waals surface area contributed by atoms with E-state index in [0.717, 1.165) is 30.7 Å². The second kappa shape index (κ2) is 13.8. The minimum atomic E-state index is -0.326. The first-order chi connectivity index (χ1) is 20.5. The molecular weight excluding hydrogens is 552 g/mol. The third-order valence-electron chi connectivity index (χ3n) is 6.40. The van der Waals surface area contributed by atoms with Crippen LogP contribution in [0.2, 0.25) is 0 Å². The Morgan fingerprint density at radius 2 is 1.98 bits per heavy atom. The number of rotatable bonds is 11. The lowest BCUT2D eigenvalue weighted by Gasteiger charge is -2.12. The van der Waals surface area contributed by atoms with E-state index in [9.17, 15) is 10.1 Å². The SMILES string of the molecule is CN(C)CCCOc1ccc(-c2nc3c(NCCC4CN=C(NC(=O)Nc5ccccc5)S4)c(C#N)cnc3o2)cc1. The first kappa shape index (κ1) is 28.9. The van der Waals surface area contributed by atoms with Crippen molar-refractivity contribution in [1.82, 2.24) is 20.2 Å². The number of nitrogens with zero attached hydrogens (tertiary/aromatic N) is 5. The summed E-state index contributed by atoms with van der Waals surface area (Å²) in [5.41, 5.74) is 3.33. The number of fused-ring (bicyclic) bond motifs is 1. The largest absolute Gasteiger partial charge is 0.494 e. The van der Waals surface area contributed by atoms with E-state index in [1.54, 1.807) is 0 Å². The van der Waals surface area contributed by atoms with Gasteiger partial charge in [0.25, 0.3) is 0 Å². The van der Waals surface area contributed by atoms with Gasteiger partial charge in [-0.25, -0.2) is 14.8 Å². The first-order valence-corrected chi connectivity index (χ1v) is 14.5. The number of pyridine rings is 1. The normalized spacial score (nSPS) is 14.4. The van der Waals surface area contributed by atoms with E-state index in [1.807, 2.05) is 68.7 Å². The third-order valence-corrected chi connectivity index (χ3v) is 7.58. The number of hydrogen-bond acceptors (Lipinski definition) is 10. The lowest BCUT2D eigenvalue weighted by molar-refractivity contribution is 0.256. The van der Waals surface area contributed by atoms with Crippen molar-refractivity contribution in [3.63, 3.8) is 0 Å². The fraction of sp³-hybridized carbons (Fsp3) is 0.300. The fourth-order valence-corrected chi connectivity index (χ4v) is 5.31. The summed E-state index contributed by atoms with van der Waals surface area (Å²) in [6, 6.07) is 18.7. The van der Waals surface area contributed by atoms with Crippen LogP contribution >= 0.6 is 11.8 Å². The van der Waals surface area contributed by atoms with Crippen molar-refractivity contribution in [2.45, 2.75) is 18.1 Å². The van der Waals surface area contributed by atoms with E-state index < -0.39 is 0 Å². The van der Waals surface area contributed by atoms with Gasteiger partial charge in [-0.15, -0.1) is 0 Å². The molecule has 2 amide bonds. The van der Waals surface area contributed by atoms with Gasteiger partial charge in [0.05, 0.1) is 30.6 Å². The number of amides is 2. The van der Waals surface area contributed by atoms with Gasteiger partial charge in [0, 0.05) is 29.6 Å². The molecule has 2 aromatic carbocycles. The zero-order valence-corrected chi connectivity index (χ0v) is 24.3. The number of hydrogen-bond donors (Lipinski definition) is 3. The number of urea groups is 1. The lowest BCUT2D eigenvalue weighted by atomic mass is 10.2. The molecule has 0 spiro atoms. The highest BCUT2D eigenvalue weighted by atomic mass is 32.2. The second-order valence-corrected chi connectivity index (χ2v) is 11.2. The van der Waals surface area contributed by atoms with Gasteiger partial charge in [0.2, 0.25) is 11.6 Å². The zero-order chi connectivity index (χ0) is 29.3. The molecule has 4 aromatic rings. The van der Waals surface area contributed by atoms with Crippen LogP contribution in [0.4, 0.5) is 16.2 Å². The predicted octanol–water partition coefficient (Wildman–Crippen LogP) is 5.19. The molecule has 1 aliphatic rings. The number of nitrogens with one attached hydrogen (secondary N) is 3. The minimum absolute atomic E-state index is 0.184. The summed E-state index contributed by atoms with van der Waals surface area (Å²) < 4.78 is 11.8. The summed E-state index contributed by atoms with van der Waals surface area (Å²) in [7, 11) is 4.08. The molecule has 2 aromatic heterocycles. The van der Waals surface area contributed by atoms with Crippen molar-refractivity contribution in [3.05, 3.63) is 66.4 Å². The summed E-state index contributed by atoms with van der Waals surface area (Å²) in [4.78, 5) is 27.8. The summed E-state index contributed by atoms with van der Waals surface area (Å²) in [6.07, 6.45) is 3.19. The molecule has 0 aliphatic carbocycles. The van der Waals surface area contributed by atoms with E-state index in [2.05, 4.69) is 41.9 Å². The molecule has 0 fully saturated rings. The quantitative estimate of drug-likeness (QED) is 0.203. The van der Waals surface area contributed by atoms with Crippen LogP contribution < -0.4 is 20.7 Å². The smallest absolute Gasteiger partial charge is 0.325 e. The highest BCUT2D eigenvalue weighted by Crippen LogP contribution is 2.31. The predicted molar refractivity (Wildman–Crippen MR) is 166 cm³/mol. The second-order valence-electron chi connectivity index (χ2n) is 9.91. The molecule has 42 heavy (non-hydrogen) atoms. The Bertz CT molecular complexity index is 1580. The molecule has 11 nitrogen and oxygen atoms in total. The van der Waals surface area contributed by atoms with Crippen LogP contribution in [0.25, 0.3) is 22.7 Å². The van der Waals surface area contributed by atoms with Crippen LogP contribution in [0.3, 0.4) is 0 Å². The summed E-state index contributed by atoms with van der Waals surface area (Å²) >= 11 is 1.52. The van der Waals surface area contributed by atoms with Crippen LogP contribution in [0.5, 0.6) is 5.75 Å². The Balaban J connectivity index is 1.16. The van der Waals surface area contributed by atoms with Crippen LogP contribution in [0, 0.1) is 11.3 Å². The first-order valence-electron chi connectivity index (χ1n) is 13.6. The third kappa shape index (κ3) is 7.57. The van der Waals surface area contributed by atoms with Gasteiger partial charge in [0.1, 0.15) is 11.8 Å². The maximum Gasteiger partial charge on any atom is 0.325 e. The van der Waals surface area contributed by atoms with E-state index in [-0.39, 0.29) is 11.3 Å². The van der Waals surface area contributed by atoms with Gasteiger partial charge < -0.3 is 24.7 Å². The molecule has 216 valence electrons. The van der Waals surface area contributed by atoms with Gasteiger partial charge in [-0.05, 0) is 63.3 Å². The zero-order valence-electron chi connectivity index (χ0n) is 23.5. The Morgan fingerprint density at radius 1 is 1.17 bits per heavy atom. The number of ether oxygens (including phenoxy) is 1. The summed E-state index contributed by atoms with van der Waals surface area (Å²) in [5.74, 6) is 1.20. The van der Waals surface area contributed by atoms with Crippen LogP contribution in [0.15, 0.2) is 70.2 Å². The Labute approximate surface area is 248 Å². The minimum Gasteiger partial charge on any atom is -0.494 e. The standard InChI is InChI=1S/C30H32N8O3S/c1-38(2)15-6-16-40-23-11-9-20(10-12-23)27-36-26-25(21(17-31)18-33-28(26)41-27)32-14-13-24-19-34-30(42-24)37-29(39)35-22-7-4-3-5-8-22/h3-5,7-12,18,24H,6,13-16,19H2,1-2H3,(H,32,33)(H2,34,35,37,39). The maximum absolute atomic E-state index is 12.3. The molecule has 0 radical (unpaired) electrons. The van der Waals surface area contributed by atoms with E-state index >= 15 is 0 Å². The monoisotopic (exact) mass is 584 g/mol. The Morgan fingerprint density at radius 3 is 2.74 bits per heavy atom. The Hall–Kier alpha value is -4.60. The lowest BCUT2D eigenvalue weighted by Crippen LogP contribution is -2.32. The fourth-order valence-electron chi connectivity index (χ4n) is 4.30. The van der Waals surface area contributed by atoms with Crippen LogP contribution in [-0.4, -0.2) is 71.7 Å². The number of aromatic nitrogens is 2. The van der Waals surface area contributed by atoms with Crippen LogP contribution in [0.1, 0.15) is 18.4 Å². The molecule has 3 N–H and O–H groups in total. The molecular formula is C30H32N8O3S. The Kier molecular flexibility index (Phi) is 9.53. The van der Waals surface area contributed by atoms with E-state index in [4.69, 9.17) is 9.15 Å². The molecule has 0 saturated heterocycles.